The molecule has 1 aromatic heterocycles. The molecule has 0 amide bonds. The lowest BCUT2D eigenvalue weighted by molar-refractivity contribution is 0.594. The molecule has 0 spiro atoms. The summed E-state index contributed by atoms with van der Waals surface area (Å²) < 4.78 is 0. The van der Waals surface area contributed by atoms with Gasteiger partial charge in [0.2, 0.25) is 0 Å². The van der Waals surface area contributed by atoms with Gasteiger partial charge < -0.3 is 5.32 Å². The minimum Gasteiger partial charge on any atom is -0.306 e. The maximum Gasteiger partial charge on any atom is 0.0580 e. The number of nitrogens with zero attached hydrogens (tertiary/aromatic N) is 1. The Kier molecular flexibility index (Phi) is 5.13. The lowest BCUT2D eigenvalue weighted by Gasteiger charge is -2.22. The summed E-state index contributed by atoms with van der Waals surface area (Å²) in [7, 11) is 0. The first kappa shape index (κ1) is 15.7. The van der Waals surface area contributed by atoms with E-state index in [9.17, 15) is 0 Å². The summed E-state index contributed by atoms with van der Waals surface area (Å²) in [4.78, 5) is 4.50. The first-order valence-electron chi connectivity index (χ1n) is 7.77. The first-order chi connectivity index (χ1) is 10.0. The van der Waals surface area contributed by atoms with Crippen molar-refractivity contribution in [3.8, 4) is 0 Å². The van der Waals surface area contributed by atoms with Gasteiger partial charge in [0.1, 0.15) is 0 Å². The molecule has 0 aliphatic rings. The predicted molar refractivity (Wildman–Crippen MR) is 89.8 cm³/mol. The Morgan fingerprint density at radius 2 is 1.67 bits per heavy atom. The number of benzene rings is 1. The van der Waals surface area contributed by atoms with Crippen molar-refractivity contribution in [1.29, 1.82) is 0 Å². The van der Waals surface area contributed by atoms with E-state index in [0.717, 1.165) is 24.4 Å². The van der Waals surface area contributed by atoms with Crippen LogP contribution in [0.5, 0.6) is 0 Å². The molecule has 1 N–H and O–H groups in total. The lowest BCUT2D eigenvalue weighted by Crippen LogP contribution is -2.24. The highest BCUT2D eigenvalue weighted by Gasteiger charge is 2.16. The zero-order valence-electron chi connectivity index (χ0n) is 13.8. The van der Waals surface area contributed by atoms with Crippen LogP contribution >= 0.6 is 0 Å². The molecular weight excluding hydrogens is 256 g/mol. The Labute approximate surface area is 128 Å². The zero-order valence-corrected chi connectivity index (χ0v) is 13.8. The van der Waals surface area contributed by atoms with E-state index in [4.69, 9.17) is 0 Å². The molecule has 1 atom stereocenters. The van der Waals surface area contributed by atoms with Crippen LogP contribution in [0.3, 0.4) is 0 Å². The van der Waals surface area contributed by atoms with Crippen molar-refractivity contribution in [3.05, 3.63) is 64.0 Å². The van der Waals surface area contributed by atoms with Gasteiger partial charge in [0.15, 0.2) is 0 Å². The number of rotatable bonds is 5. The van der Waals surface area contributed by atoms with Gasteiger partial charge in [0, 0.05) is 11.4 Å². The average Bonchev–Trinajstić information content (AvgIpc) is 2.42. The number of aromatic nitrogens is 1. The number of pyridine rings is 1. The van der Waals surface area contributed by atoms with Gasteiger partial charge in [0.25, 0.3) is 0 Å². The Hall–Kier alpha value is -1.67. The highest BCUT2D eigenvalue weighted by molar-refractivity contribution is 5.40. The van der Waals surface area contributed by atoms with E-state index < -0.39 is 0 Å². The number of aryl methyl sites for hydroxylation is 4. The van der Waals surface area contributed by atoms with Crippen LogP contribution < -0.4 is 5.32 Å². The molecule has 2 rings (SSSR count). The SMILES string of the molecule is CCCNC(c1cc(C)nc(C)c1)c1cc(C)ccc1C. The molecular formula is C19H26N2. The lowest BCUT2D eigenvalue weighted by atomic mass is 9.93. The molecule has 0 radical (unpaired) electrons. The molecule has 1 heterocycles. The highest BCUT2D eigenvalue weighted by Crippen LogP contribution is 2.26. The van der Waals surface area contributed by atoms with Crippen LogP contribution in [0.2, 0.25) is 0 Å². The second-order valence-corrected chi connectivity index (χ2v) is 5.93. The van der Waals surface area contributed by atoms with Crippen molar-refractivity contribution >= 4 is 0 Å². The van der Waals surface area contributed by atoms with Crippen LogP contribution in [0.1, 0.15) is 53.0 Å². The summed E-state index contributed by atoms with van der Waals surface area (Å²) in [5.74, 6) is 0. The van der Waals surface area contributed by atoms with Crippen LogP contribution in [0.15, 0.2) is 30.3 Å². The maximum atomic E-state index is 4.50. The molecule has 21 heavy (non-hydrogen) atoms. The predicted octanol–water partition coefficient (Wildman–Crippen LogP) is 4.40. The Morgan fingerprint density at radius 1 is 1.00 bits per heavy atom. The number of nitrogens with one attached hydrogen (secondary N) is 1. The Morgan fingerprint density at radius 3 is 2.29 bits per heavy atom. The fourth-order valence-electron chi connectivity index (χ4n) is 2.80. The van der Waals surface area contributed by atoms with E-state index in [1.54, 1.807) is 0 Å². The third-order valence-corrected chi connectivity index (χ3v) is 3.78. The topological polar surface area (TPSA) is 24.9 Å². The minimum absolute atomic E-state index is 0.241. The van der Waals surface area contributed by atoms with Crippen molar-refractivity contribution in [2.45, 2.75) is 47.1 Å². The molecule has 0 aliphatic heterocycles. The van der Waals surface area contributed by atoms with Gasteiger partial charge in [-0.3, -0.25) is 4.98 Å². The summed E-state index contributed by atoms with van der Waals surface area (Å²) in [5.41, 5.74) is 7.48. The van der Waals surface area contributed by atoms with Crippen molar-refractivity contribution in [2.75, 3.05) is 6.54 Å². The summed E-state index contributed by atoms with van der Waals surface area (Å²) >= 11 is 0. The highest BCUT2D eigenvalue weighted by atomic mass is 14.9. The van der Waals surface area contributed by atoms with E-state index in [2.05, 4.69) is 75.3 Å². The second kappa shape index (κ2) is 6.86. The minimum atomic E-state index is 0.241. The fourth-order valence-corrected chi connectivity index (χ4v) is 2.80. The molecule has 0 saturated heterocycles. The molecule has 0 saturated carbocycles. The van der Waals surface area contributed by atoms with E-state index in [0.29, 0.717) is 0 Å². The van der Waals surface area contributed by atoms with Crippen LogP contribution in [0.4, 0.5) is 0 Å². The molecule has 1 aromatic carbocycles. The van der Waals surface area contributed by atoms with Crippen molar-refractivity contribution < 1.29 is 0 Å². The van der Waals surface area contributed by atoms with E-state index in [1.165, 1.54) is 22.3 Å². The fraction of sp³-hybridized carbons (Fsp3) is 0.421. The van der Waals surface area contributed by atoms with E-state index in [1.807, 2.05) is 0 Å². The summed E-state index contributed by atoms with van der Waals surface area (Å²) in [5, 5.41) is 3.70. The molecule has 0 bridgehead atoms. The van der Waals surface area contributed by atoms with Gasteiger partial charge in [-0.05, 0) is 69.5 Å². The molecule has 1 unspecified atom stereocenters. The molecule has 2 nitrogen and oxygen atoms in total. The van der Waals surface area contributed by atoms with Crippen molar-refractivity contribution in [3.63, 3.8) is 0 Å². The monoisotopic (exact) mass is 282 g/mol. The van der Waals surface area contributed by atoms with Gasteiger partial charge in [-0.25, -0.2) is 0 Å². The summed E-state index contributed by atoms with van der Waals surface area (Å²) in [6.45, 7) is 11.7. The standard InChI is InChI=1S/C19H26N2/c1-6-9-20-19(17-11-15(4)21-16(5)12-17)18-10-13(2)7-8-14(18)3/h7-8,10-12,19-20H,6,9H2,1-5H3. The molecule has 112 valence electrons. The van der Waals surface area contributed by atoms with Gasteiger partial charge in [-0.1, -0.05) is 30.7 Å². The Balaban J connectivity index is 2.49. The molecule has 2 heteroatoms. The van der Waals surface area contributed by atoms with Gasteiger partial charge >= 0.3 is 0 Å². The van der Waals surface area contributed by atoms with Crippen molar-refractivity contribution in [1.82, 2.24) is 10.3 Å². The third-order valence-electron chi connectivity index (χ3n) is 3.78. The van der Waals surface area contributed by atoms with Crippen LogP contribution in [-0.2, 0) is 0 Å². The second-order valence-electron chi connectivity index (χ2n) is 5.93. The van der Waals surface area contributed by atoms with Gasteiger partial charge in [0.05, 0.1) is 6.04 Å². The Bertz CT molecular complexity index is 597. The van der Waals surface area contributed by atoms with Gasteiger partial charge in [-0.2, -0.15) is 0 Å². The quantitative estimate of drug-likeness (QED) is 0.879. The smallest absolute Gasteiger partial charge is 0.0580 e. The molecule has 0 aliphatic carbocycles. The zero-order chi connectivity index (χ0) is 15.4. The number of hydrogen-bond donors (Lipinski definition) is 1. The van der Waals surface area contributed by atoms with E-state index >= 15 is 0 Å². The largest absolute Gasteiger partial charge is 0.306 e. The van der Waals surface area contributed by atoms with Gasteiger partial charge in [-0.15, -0.1) is 0 Å². The van der Waals surface area contributed by atoms with Crippen LogP contribution in [0.25, 0.3) is 0 Å². The first-order valence-corrected chi connectivity index (χ1v) is 7.77. The third kappa shape index (κ3) is 3.92. The maximum absolute atomic E-state index is 4.50. The van der Waals surface area contributed by atoms with Crippen LogP contribution in [-0.4, -0.2) is 11.5 Å². The summed E-state index contributed by atoms with van der Waals surface area (Å²) in [6, 6.07) is 11.3. The molecule has 2 aromatic rings. The molecule has 0 fully saturated rings. The van der Waals surface area contributed by atoms with Crippen molar-refractivity contribution in [2.24, 2.45) is 0 Å². The van der Waals surface area contributed by atoms with E-state index in [-0.39, 0.29) is 6.04 Å². The average molecular weight is 282 g/mol. The summed E-state index contributed by atoms with van der Waals surface area (Å²) in [6.07, 6.45) is 1.13. The normalized spacial score (nSPS) is 12.4. The van der Waals surface area contributed by atoms with Crippen LogP contribution in [0, 0.1) is 27.7 Å². The number of hydrogen-bond acceptors (Lipinski definition) is 2.